The number of nitrogens with zero attached hydrogens (tertiary/aromatic N) is 4. The van der Waals surface area contributed by atoms with Crippen LogP contribution in [0.25, 0.3) is 0 Å². The summed E-state index contributed by atoms with van der Waals surface area (Å²) >= 11 is 7.48. The molecule has 0 spiro atoms. The van der Waals surface area contributed by atoms with Gasteiger partial charge >= 0.3 is 16.2 Å². The Morgan fingerprint density at radius 3 is 2.41 bits per heavy atom. The molecule has 2 aromatic rings. The summed E-state index contributed by atoms with van der Waals surface area (Å²) in [4.78, 5) is 13.9. The van der Waals surface area contributed by atoms with Crippen LogP contribution in [0.4, 0.5) is 4.79 Å². The maximum absolute atomic E-state index is 13.0. The zero-order valence-electron chi connectivity index (χ0n) is 16.4. The minimum Gasteiger partial charge on any atom is -0.245 e. The molecule has 10 heteroatoms. The zero-order valence-corrected chi connectivity index (χ0v) is 18.8. The zero-order chi connectivity index (χ0) is 21.2. The van der Waals surface area contributed by atoms with Crippen molar-refractivity contribution in [3.05, 3.63) is 57.2 Å². The first-order valence-electron chi connectivity index (χ1n) is 9.24. The number of rotatable bonds is 6. The number of amides is 2. The van der Waals surface area contributed by atoms with E-state index in [0.717, 1.165) is 14.7 Å². The monoisotopic (exact) mass is 454 g/mol. The van der Waals surface area contributed by atoms with Crippen molar-refractivity contribution in [1.82, 2.24) is 13.6 Å². The topological polar surface area (TPSA) is 73.3 Å². The molecule has 1 aliphatic rings. The van der Waals surface area contributed by atoms with E-state index in [1.165, 1.54) is 27.7 Å². The van der Waals surface area contributed by atoms with Gasteiger partial charge in [-0.1, -0.05) is 55.8 Å². The van der Waals surface area contributed by atoms with E-state index in [4.69, 9.17) is 11.6 Å². The van der Waals surface area contributed by atoms with Crippen molar-refractivity contribution in [3.63, 3.8) is 0 Å². The quantitative estimate of drug-likeness (QED) is 0.665. The maximum Gasteiger partial charge on any atom is 0.354 e. The summed E-state index contributed by atoms with van der Waals surface area (Å²) < 4.78 is 28.1. The van der Waals surface area contributed by atoms with Gasteiger partial charge < -0.3 is 0 Å². The molecule has 1 aliphatic heterocycles. The standard InChI is InChI=1S/C19H23ClN4O3S2/c1-4-23(5-2)29(26,27)22(3)19(25)24-13-15(14-9-7-6-8-10-14)18(21-24)16-11-12-17(20)28-16/h6-12,15H,4-5,13H2,1-3H3. The number of hydrogen-bond donors (Lipinski definition) is 0. The van der Waals surface area contributed by atoms with E-state index in [0.29, 0.717) is 10.0 Å². The van der Waals surface area contributed by atoms with E-state index in [1.54, 1.807) is 19.9 Å². The summed E-state index contributed by atoms with van der Waals surface area (Å²) in [5.41, 5.74) is 1.70. The fourth-order valence-electron chi connectivity index (χ4n) is 3.23. The lowest BCUT2D eigenvalue weighted by atomic mass is 9.94. The number of hydrogen-bond acceptors (Lipinski definition) is 5. The second-order valence-electron chi connectivity index (χ2n) is 6.48. The molecule has 156 valence electrons. The second kappa shape index (κ2) is 8.83. The highest BCUT2D eigenvalue weighted by atomic mass is 35.5. The van der Waals surface area contributed by atoms with Gasteiger partial charge in [0.05, 0.1) is 21.5 Å². The number of benzene rings is 1. The predicted molar refractivity (Wildman–Crippen MR) is 117 cm³/mol. The normalized spacial score (nSPS) is 16.9. The molecule has 0 N–H and O–H groups in total. The summed E-state index contributed by atoms with van der Waals surface area (Å²) in [6.45, 7) is 4.29. The Balaban J connectivity index is 1.94. The molecule has 2 heterocycles. The van der Waals surface area contributed by atoms with Crippen LogP contribution in [-0.4, -0.2) is 60.5 Å². The Hall–Kier alpha value is -1.94. The molecule has 0 radical (unpaired) electrons. The van der Waals surface area contributed by atoms with E-state index in [9.17, 15) is 13.2 Å². The average Bonchev–Trinajstić information content (AvgIpc) is 3.34. The number of hydrazone groups is 1. The van der Waals surface area contributed by atoms with Gasteiger partial charge in [0.1, 0.15) is 0 Å². The number of thiophene rings is 1. The van der Waals surface area contributed by atoms with Gasteiger partial charge in [0.15, 0.2) is 0 Å². The van der Waals surface area contributed by atoms with Gasteiger partial charge in [-0.2, -0.15) is 17.8 Å². The van der Waals surface area contributed by atoms with Crippen molar-refractivity contribution in [3.8, 4) is 0 Å². The van der Waals surface area contributed by atoms with Crippen molar-refractivity contribution in [2.24, 2.45) is 5.10 Å². The lowest BCUT2D eigenvalue weighted by Gasteiger charge is -2.27. The van der Waals surface area contributed by atoms with Gasteiger partial charge in [-0.3, -0.25) is 0 Å². The molecule has 0 saturated heterocycles. The summed E-state index contributed by atoms with van der Waals surface area (Å²) in [5.74, 6) is -0.167. The second-order valence-corrected chi connectivity index (χ2v) is 10.2. The molecular formula is C19H23ClN4O3S2. The maximum atomic E-state index is 13.0. The van der Waals surface area contributed by atoms with Gasteiger partial charge in [0, 0.05) is 26.1 Å². The van der Waals surface area contributed by atoms with E-state index in [1.807, 2.05) is 36.4 Å². The van der Waals surface area contributed by atoms with Crippen LogP contribution in [0.2, 0.25) is 4.34 Å². The van der Waals surface area contributed by atoms with E-state index in [2.05, 4.69) is 5.10 Å². The van der Waals surface area contributed by atoms with Crippen molar-refractivity contribution < 1.29 is 13.2 Å². The van der Waals surface area contributed by atoms with E-state index >= 15 is 0 Å². The Morgan fingerprint density at radius 2 is 1.86 bits per heavy atom. The van der Waals surface area contributed by atoms with Crippen molar-refractivity contribution in [1.29, 1.82) is 0 Å². The van der Waals surface area contributed by atoms with Crippen LogP contribution in [0.15, 0.2) is 47.6 Å². The Bertz CT molecular complexity index is 1000. The largest absolute Gasteiger partial charge is 0.354 e. The fraction of sp³-hybridized carbons (Fsp3) is 0.368. The predicted octanol–water partition coefficient (Wildman–Crippen LogP) is 3.84. The lowest BCUT2D eigenvalue weighted by Crippen LogP contribution is -2.48. The smallest absolute Gasteiger partial charge is 0.245 e. The number of carbonyl (C=O) groups excluding carboxylic acids is 1. The Labute approximate surface area is 180 Å². The van der Waals surface area contributed by atoms with Crippen LogP contribution in [0.1, 0.15) is 30.2 Å². The van der Waals surface area contributed by atoms with Crippen LogP contribution in [0, 0.1) is 0 Å². The first-order valence-corrected chi connectivity index (χ1v) is 11.8. The molecule has 3 rings (SSSR count). The molecule has 7 nitrogen and oxygen atoms in total. The van der Waals surface area contributed by atoms with E-state index < -0.39 is 16.2 Å². The van der Waals surface area contributed by atoms with Crippen LogP contribution < -0.4 is 0 Å². The third-order valence-electron chi connectivity index (χ3n) is 4.81. The molecule has 1 aromatic heterocycles. The SMILES string of the molecule is CCN(CC)S(=O)(=O)N(C)C(=O)N1CC(c2ccccc2)C(c2ccc(Cl)s2)=N1. The summed E-state index contributed by atoms with van der Waals surface area (Å²) in [6.07, 6.45) is 0. The highest BCUT2D eigenvalue weighted by Gasteiger charge is 2.38. The minimum atomic E-state index is -3.91. The molecule has 29 heavy (non-hydrogen) atoms. The lowest BCUT2D eigenvalue weighted by molar-refractivity contribution is 0.187. The summed E-state index contributed by atoms with van der Waals surface area (Å²) in [6, 6.07) is 12.7. The number of urea groups is 1. The van der Waals surface area contributed by atoms with Crippen LogP contribution in [0.3, 0.4) is 0 Å². The van der Waals surface area contributed by atoms with Crippen LogP contribution in [-0.2, 0) is 10.2 Å². The third kappa shape index (κ3) is 4.32. The number of carbonyl (C=O) groups is 1. The molecule has 0 bridgehead atoms. The van der Waals surface area contributed by atoms with Crippen molar-refractivity contribution in [2.75, 3.05) is 26.7 Å². The first kappa shape index (κ1) is 21.8. The van der Waals surface area contributed by atoms with Gasteiger partial charge in [-0.25, -0.2) is 14.1 Å². The van der Waals surface area contributed by atoms with Crippen molar-refractivity contribution >= 4 is 44.9 Å². The van der Waals surface area contributed by atoms with Crippen molar-refractivity contribution in [2.45, 2.75) is 19.8 Å². The third-order valence-corrected chi connectivity index (χ3v) is 8.08. The van der Waals surface area contributed by atoms with Crippen LogP contribution in [0.5, 0.6) is 0 Å². The molecular weight excluding hydrogens is 432 g/mol. The molecule has 1 atom stereocenters. The number of halogens is 1. The minimum absolute atomic E-state index is 0.167. The highest BCUT2D eigenvalue weighted by molar-refractivity contribution is 7.87. The first-order chi connectivity index (χ1) is 13.8. The summed E-state index contributed by atoms with van der Waals surface area (Å²) in [5, 5.41) is 5.73. The highest BCUT2D eigenvalue weighted by Crippen LogP contribution is 2.33. The average molecular weight is 455 g/mol. The van der Waals surface area contributed by atoms with Gasteiger partial charge in [-0.15, -0.1) is 11.3 Å². The molecule has 0 fully saturated rings. The summed E-state index contributed by atoms with van der Waals surface area (Å²) in [7, 11) is -2.64. The Morgan fingerprint density at radius 1 is 1.21 bits per heavy atom. The fourth-order valence-corrected chi connectivity index (χ4v) is 5.60. The van der Waals surface area contributed by atoms with Crippen LogP contribution >= 0.6 is 22.9 Å². The molecule has 2 amide bonds. The molecule has 0 aliphatic carbocycles. The molecule has 1 unspecified atom stereocenters. The molecule has 1 aromatic carbocycles. The van der Waals surface area contributed by atoms with Gasteiger partial charge in [0.25, 0.3) is 0 Å². The molecule has 0 saturated carbocycles. The van der Waals surface area contributed by atoms with Gasteiger partial charge in [-0.05, 0) is 17.7 Å². The van der Waals surface area contributed by atoms with E-state index in [-0.39, 0.29) is 25.6 Å². The Kier molecular flexibility index (Phi) is 6.62. The van der Waals surface area contributed by atoms with Gasteiger partial charge in [0.2, 0.25) is 0 Å².